The van der Waals surface area contributed by atoms with E-state index in [0.29, 0.717) is 11.4 Å². The molecule has 0 aliphatic rings. The zero-order chi connectivity index (χ0) is 15.8. The number of furan rings is 1. The molecule has 0 bridgehead atoms. The summed E-state index contributed by atoms with van der Waals surface area (Å²) < 4.78 is 5.94. The quantitative estimate of drug-likeness (QED) is 0.590. The van der Waals surface area contributed by atoms with Gasteiger partial charge in [-0.3, -0.25) is 0 Å². The first-order valence-corrected chi connectivity index (χ1v) is 7.49. The maximum absolute atomic E-state index is 9.62. The summed E-state index contributed by atoms with van der Waals surface area (Å²) in [5, 5.41) is 13.8. The van der Waals surface area contributed by atoms with Crippen molar-refractivity contribution < 1.29 is 21.9 Å². The highest BCUT2D eigenvalue weighted by atomic mass is 35.5. The van der Waals surface area contributed by atoms with Crippen LogP contribution in [0.2, 0.25) is 0 Å². The van der Waals surface area contributed by atoms with Crippen molar-refractivity contribution in [2.75, 3.05) is 5.32 Å². The van der Waals surface area contributed by atoms with E-state index in [1.54, 1.807) is 18.2 Å². The normalized spacial score (nSPS) is 10.7. The highest BCUT2D eigenvalue weighted by Gasteiger charge is 2.15. The lowest BCUT2D eigenvalue weighted by molar-refractivity contribution is -0.00000624. The molecule has 0 radical (unpaired) electrons. The molecule has 0 aliphatic carbocycles. The number of phenols is 1. The number of nitrogens with zero attached hydrogens (tertiary/aromatic N) is 2. The lowest BCUT2D eigenvalue weighted by Crippen LogP contribution is -3.00. The molecule has 0 fully saturated rings. The second-order valence-electron chi connectivity index (χ2n) is 5.29. The Kier molecular flexibility index (Phi) is 4.27. The molecule has 5 nitrogen and oxygen atoms in total. The summed E-state index contributed by atoms with van der Waals surface area (Å²) in [5.41, 5.74) is 2.94. The Balaban J connectivity index is 0.00000169. The highest BCUT2D eigenvalue weighted by molar-refractivity contribution is 6.06. The second-order valence-corrected chi connectivity index (χ2v) is 5.29. The molecule has 4 rings (SSSR count). The van der Waals surface area contributed by atoms with E-state index in [2.05, 4.69) is 15.3 Å². The number of aromatic nitrogens is 2. The molecule has 0 unspecified atom stereocenters. The van der Waals surface area contributed by atoms with Gasteiger partial charge in [-0.05, 0) is 24.3 Å². The van der Waals surface area contributed by atoms with Crippen LogP contribution in [0.4, 0.5) is 11.5 Å². The molecule has 4 aromatic rings. The van der Waals surface area contributed by atoms with Gasteiger partial charge >= 0.3 is 0 Å². The first kappa shape index (κ1) is 16.1. The van der Waals surface area contributed by atoms with Crippen molar-refractivity contribution in [1.29, 1.82) is 0 Å². The molecule has 2 heterocycles. The van der Waals surface area contributed by atoms with Crippen LogP contribution in [0.5, 0.6) is 5.75 Å². The van der Waals surface area contributed by atoms with Crippen molar-refractivity contribution in [3.05, 3.63) is 54.4 Å². The summed E-state index contributed by atoms with van der Waals surface area (Å²) in [4.78, 5) is 9.15. The largest absolute Gasteiger partial charge is 1.00 e. The lowest BCUT2D eigenvalue weighted by atomic mass is 10.2. The summed E-state index contributed by atoms with van der Waals surface area (Å²) in [6.45, 7) is 2.02. The summed E-state index contributed by atoms with van der Waals surface area (Å²) in [6.07, 6.45) is 0.726. The number of aromatic hydroxyl groups is 1. The molecular weight excluding hydrogens is 326 g/mol. The van der Waals surface area contributed by atoms with E-state index in [0.717, 1.165) is 34.4 Å². The van der Waals surface area contributed by atoms with Crippen molar-refractivity contribution in [2.45, 2.75) is 13.3 Å². The van der Waals surface area contributed by atoms with Crippen LogP contribution < -0.4 is 17.7 Å². The van der Waals surface area contributed by atoms with Crippen molar-refractivity contribution in [1.82, 2.24) is 9.97 Å². The van der Waals surface area contributed by atoms with Gasteiger partial charge in [0.05, 0.1) is 0 Å². The molecule has 6 heteroatoms. The van der Waals surface area contributed by atoms with E-state index < -0.39 is 0 Å². The molecule has 122 valence electrons. The van der Waals surface area contributed by atoms with E-state index >= 15 is 0 Å². The number of aryl methyl sites for hydroxylation is 1. The first-order chi connectivity index (χ1) is 11.2. The number of halogens is 1. The second kappa shape index (κ2) is 6.37. The predicted molar refractivity (Wildman–Crippen MR) is 90.1 cm³/mol. The summed E-state index contributed by atoms with van der Waals surface area (Å²) >= 11 is 0. The topological polar surface area (TPSA) is 71.2 Å². The Morgan fingerprint density at radius 3 is 2.71 bits per heavy atom. The molecule has 0 atom stereocenters. The van der Waals surface area contributed by atoms with E-state index in [1.165, 1.54) is 0 Å². The predicted octanol–water partition coefficient (Wildman–Crippen LogP) is 1.39. The lowest BCUT2D eigenvalue weighted by Gasteiger charge is -2.07. The third-order valence-electron chi connectivity index (χ3n) is 3.69. The van der Waals surface area contributed by atoms with Gasteiger partial charge in [0.15, 0.2) is 11.4 Å². The van der Waals surface area contributed by atoms with Gasteiger partial charge < -0.3 is 27.2 Å². The number of hydrogen-bond acceptors (Lipinski definition) is 5. The zero-order valence-electron chi connectivity index (χ0n) is 13.0. The van der Waals surface area contributed by atoms with Crippen LogP contribution in [-0.2, 0) is 6.42 Å². The van der Waals surface area contributed by atoms with Crippen LogP contribution >= 0.6 is 0 Å². The fourth-order valence-corrected chi connectivity index (χ4v) is 2.60. The Hall–Kier alpha value is -2.79. The maximum Gasteiger partial charge on any atom is 0.196 e. The van der Waals surface area contributed by atoms with Gasteiger partial charge in [0.1, 0.15) is 22.7 Å². The van der Waals surface area contributed by atoms with Gasteiger partial charge in [-0.2, -0.15) is 0 Å². The van der Waals surface area contributed by atoms with Gasteiger partial charge in [-0.1, -0.05) is 25.1 Å². The van der Waals surface area contributed by atoms with Crippen LogP contribution in [0.1, 0.15) is 12.7 Å². The van der Waals surface area contributed by atoms with Gasteiger partial charge in [0.2, 0.25) is 0 Å². The number of rotatable bonds is 3. The average molecular weight is 341 g/mol. The third kappa shape index (κ3) is 2.74. The Morgan fingerprint density at radius 2 is 1.92 bits per heavy atom. The fraction of sp³-hybridized carbons (Fsp3) is 0.111. The van der Waals surface area contributed by atoms with Gasteiger partial charge in [-0.15, -0.1) is 0 Å². The minimum Gasteiger partial charge on any atom is -1.00 e. The van der Waals surface area contributed by atoms with Crippen LogP contribution in [0.3, 0.4) is 0 Å². The number of phenolic OH excluding ortho intramolecular Hbond substituents is 1. The highest BCUT2D eigenvalue weighted by Crippen LogP contribution is 2.32. The summed E-state index contributed by atoms with van der Waals surface area (Å²) in [7, 11) is 0. The standard InChI is InChI=1S/C18H15N3O2.ClH/c1-2-15-20-16-13-8-3-4-9-14(13)23-17(16)18(21-15)19-11-6-5-7-12(22)10-11;/h3-10,22H,2H2,1H3,(H,19,20,21);1H/p-1. The van der Waals surface area contributed by atoms with Crippen LogP contribution in [0.15, 0.2) is 52.9 Å². The maximum atomic E-state index is 9.62. The van der Waals surface area contributed by atoms with Crippen molar-refractivity contribution >= 4 is 33.6 Å². The summed E-state index contributed by atoms with van der Waals surface area (Å²) in [6, 6.07) is 14.7. The minimum atomic E-state index is 0. The number of benzene rings is 2. The van der Waals surface area contributed by atoms with Crippen LogP contribution in [0.25, 0.3) is 22.1 Å². The molecule has 2 N–H and O–H groups in total. The van der Waals surface area contributed by atoms with Crippen molar-refractivity contribution in [3.63, 3.8) is 0 Å². The third-order valence-corrected chi connectivity index (χ3v) is 3.69. The van der Waals surface area contributed by atoms with Crippen molar-refractivity contribution in [3.8, 4) is 5.75 Å². The van der Waals surface area contributed by atoms with Crippen molar-refractivity contribution in [2.24, 2.45) is 0 Å². The number of para-hydroxylation sites is 1. The smallest absolute Gasteiger partial charge is 0.196 e. The Morgan fingerprint density at radius 1 is 1.08 bits per heavy atom. The SMILES string of the molecule is CCc1nc(Nc2cccc(O)c2)c2oc3ccccc3c2n1.[Cl-]. The van der Waals surface area contributed by atoms with Crippen LogP contribution in [0, 0.1) is 0 Å². The van der Waals surface area contributed by atoms with Gasteiger partial charge in [-0.25, -0.2) is 9.97 Å². The number of hydrogen-bond donors (Lipinski definition) is 2. The van der Waals surface area contributed by atoms with E-state index in [4.69, 9.17) is 4.42 Å². The molecule has 2 aromatic heterocycles. The number of anilines is 2. The van der Waals surface area contributed by atoms with Gasteiger partial charge in [0, 0.05) is 23.6 Å². The molecule has 24 heavy (non-hydrogen) atoms. The van der Waals surface area contributed by atoms with E-state index in [9.17, 15) is 5.11 Å². The number of nitrogens with one attached hydrogen (secondary N) is 1. The van der Waals surface area contributed by atoms with Gasteiger partial charge in [0.25, 0.3) is 0 Å². The first-order valence-electron chi connectivity index (χ1n) is 7.49. The zero-order valence-corrected chi connectivity index (χ0v) is 13.7. The minimum absolute atomic E-state index is 0. The van der Waals surface area contributed by atoms with Crippen LogP contribution in [-0.4, -0.2) is 15.1 Å². The average Bonchev–Trinajstić information content (AvgIpc) is 2.94. The summed E-state index contributed by atoms with van der Waals surface area (Å²) in [5.74, 6) is 1.54. The molecule has 0 spiro atoms. The van der Waals surface area contributed by atoms with E-state index in [-0.39, 0.29) is 18.2 Å². The molecule has 0 aliphatic heterocycles. The molecular formula is C18H15ClN3O2-. The Bertz CT molecular complexity index is 1010. The number of fused-ring (bicyclic) bond motifs is 3. The Labute approximate surface area is 144 Å². The molecule has 2 aromatic carbocycles. The molecule has 0 saturated carbocycles. The van der Waals surface area contributed by atoms with E-state index in [1.807, 2.05) is 37.3 Å². The monoisotopic (exact) mass is 340 g/mol. The molecule has 0 amide bonds. The fourth-order valence-electron chi connectivity index (χ4n) is 2.60. The molecule has 0 saturated heterocycles.